The molecule has 0 saturated carbocycles. The zero-order valence-electron chi connectivity index (χ0n) is 11.5. The molecule has 2 rings (SSSR count). The Morgan fingerprint density at radius 1 is 1.25 bits per heavy atom. The fourth-order valence-electron chi connectivity index (χ4n) is 2.00. The van der Waals surface area contributed by atoms with Crippen LogP contribution in [0, 0.1) is 6.92 Å². The summed E-state index contributed by atoms with van der Waals surface area (Å²) in [6, 6.07) is 5.99. The van der Waals surface area contributed by atoms with Gasteiger partial charge in [0.2, 0.25) is 0 Å². The number of nitrogens with zero attached hydrogens (tertiary/aromatic N) is 2. The summed E-state index contributed by atoms with van der Waals surface area (Å²) in [4.78, 5) is 0. The van der Waals surface area contributed by atoms with E-state index in [0.717, 1.165) is 38.2 Å². The van der Waals surface area contributed by atoms with Gasteiger partial charge in [-0.25, -0.2) is 0 Å². The molecule has 0 fully saturated rings. The summed E-state index contributed by atoms with van der Waals surface area (Å²) in [5.74, 6) is 0.781. The second-order valence-corrected chi connectivity index (χ2v) is 6.18. The van der Waals surface area contributed by atoms with E-state index in [1.807, 2.05) is 29.8 Å². The maximum Gasteiger partial charge on any atom is 0.148 e. The highest BCUT2D eigenvalue weighted by Gasteiger charge is 2.11. The standard InChI is InChI=1S/C14H17Br2N3O/c1-3-19-11(4-9(2)18-19)8-20-14-12(15)5-10(7-17)6-13(14)16/h4-6H,3,7-8,17H2,1-2H3. The van der Waals surface area contributed by atoms with Crippen molar-refractivity contribution in [3.8, 4) is 5.75 Å². The van der Waals surface area contributed by atoms with E-state index in [4.69, 9.17) is 10.5 Å². The van der Waals surface area contributed by atoms with Crippen LogP contribution in [0.25, 0.3) is 0 Å². The molecule has 1 aromatic carbocycles. The molecule has 0 aliphatic heterocycles. The molecule has 0 atom stereocenters. The van der Waals surface area contributed by atoms with Crippen molar-refractivity contribution >= 4 is 31.9 Å². The normalized spacial score (nSPS) is 10.8. The fourth-order valence-corrected chi connectivity index (χ4v) is 3.51. The molecule has 0 saturated heterocycles. The molecule has 0 aliphatic carbocycles. The molecule has 108 valence electrons. The van der Waals surface area contributed by atoms with Gasteiger partial charge >= 0.3 is 0 Å². The van der Waals surface area contributed by atoms with Crippen molar-refractivity contribution in [2.24, 2.45) is 5.73 Å². The molecule has 0 bridgehead atoms. The Morgan fingerprint density at radius 2 is 1.90 bits per heavy atom. The van der Waals surface area contributed by atoms with Crippen molar-refractivity contribution < 1.29 is 4.74 Å². The Labute approximate surface area is 135 Å². The molecule has 6 heteroatoms. The van der Waals surface area contributed by atoms with Crippen molar-refractivity contribution in [1.82, 2.24) is 9.78 Å². The van der Waals surface area contributed by atoms with Gasteiger partial charge in [-0.05, 0) is 69.5 Å². The van der Waals surface area contributed by atoms with Gasteiger partial charge in [0.25, 0.3) is 0 Å². The summed E-state index contributed by atoms with van der Waals surface area (Å²) in [5, 5.41) is 4.41. The molecule has 4 nitrogen and oxygen atoms in total. The third-order valence-electron chi connectivity index (χ3n) is 2.94. The molecule has 20 heavy (non-hydrogen) atoms. The molecule has 0 spiro atoms. The van der Waals surface area contributed by atoms with Crippen molar-refractivity contribution in [3.05, 3.63) is 44.1 Å². The second-order valence-electron chi connectivity index (χ2n) is 4.47. The van der Waals surface area contributed by atoms with Crippen LogP contribution < -0.4 is 10.5 Å². The molecule has 0 amide bonds. The number of hydrogen-bond acceptors (Lipinski definition) is 3. The van der Waals surface area contributed by atoms with Crippen LogP contribution >= 0.6 is 31.9 Å². The molecule has 2 aromatic rings. The number of benzene rings is 1. The van der Waals surface area contributed by atoms with Crippen LogP contribution in [0.15, 0.2) is 27.1 Å². The van der Waals surface area contributed by atoms with Gasteiger partial charge in [-0.15, -0.1) is 0 Å². The average Bonchev–Trinajstić information content (AvgIpc) is 2.77. The van der Waals surface area contributed by atoms with E-state index in [1.54, 1.807) is 0 Å². The van der Waals surface area contributed by atoms with Gasteiger partial charge in [-0.3, -0.25) is 4.68 Å². The lowest BCUT2D eigenvalue weighted by Gasteiger charge is -2.12. The average molecular weight is 403 g/mol. The quantitative estimate of drug-likeness (QED) is 0.827. The second kappa shape index (κ2) is 6.74. The molecule has 2 N–H and O–H groups in total. The molecule has 1 heterocycles. The van der Waals surface area contributed by atoms with Gasteiger partial charge < -0.3 is 10.5 Å². The number of hydrogen-bond donors (Lipinski definition) is 1. The molecule has 1 aromatic heterocycles. The largest absolute Gasteiger partial charge is 0.485 e. The van der Waals surface area contributed by atoms with Gasteiger partial charge in [0.05, 0.1) is 20.3 Å². The van der Waals surface area contributed by atoms with Gasteiger partial charge in [0, 0.05) is 13.1 Å². The first-order chi connectivity index (χ1) is 9.55. The highest BCUT2D eigenvalue weighted by molar-refractivity contribution is 9.11. The van der Waals surface area contributed by atoms with E-state index in [0.29, 0.717) is 13.2 Å². The van der Waals surface area contributed by atoms with Crippen LogP contribution in [-0.4, -0.2) is 9.78 Å². The molecule has 0 radical (unpaired) electrons. The van der Waals surface area contributed by atoms with Crippen molar-refractivity contribution in [1.29, 1.82) is 0 Å². The van der Waals surface area contributed by atoms with Crippen LogP contribution in [0.5, 0.6) is 5.75 Å². The minimum Gasteiger partial charge on any atom is -0.485 e. The summed E-state index contributed by atoms with van der Waals surface area (Å²) in [6.07, 6.45) is 0. The zero-order chi connectivity index (χ0) is 14.7. The molecular weight excluding hydrogens is 386 g/mol. The maximum absolute atomic E-state index is 5.91. The topological polar surface area (TPSA) is 53.1 Å². The summed E-state index contributed by atoms with van der Waals surface area (Å²) in [7, 11) is 0. The Morgan fingerprint density at radius 3 is 2.45 bits per heavy atom. The van der Waals surface area contributed by atoms with Gasteiger partial charge in [0.1, 0.15) is 12.4 Å². The van der Waals surface area contributed by atoms with Crippen LogP contribution in [0.4, 0.5) is 0 Å². The van der Waals surface area contributed by atoms with Crippen molar-refractivity contribution in [3.63, 3.8) is 0 Å². The monoisotopic (exact) mass is 401 g/mol. The van der Waals surface area contributed by atoms with Gasteiger partial charge in [-0.1, -0.05) is 0 Å². The number of rotatable bonds is 5. The van der Waals surface area contributed by atoms with E-state index in [-0.39, 0.29) is 0 Å². The Bertz CT molecular complexity index is 587. The van der Waals surface area contributed by atoms with Crippen molar-refractivity contribution in [2.45, 2.75) is 33.5 Å². The fraction of sp³-hybridized carbons (Fsp3) is 0.357. The number of ether oxygens (including phenoxy) is 1. The number of aryl methyl sites for hydroxylation is 2. The minimum absolute atomic E-state index is 0.480. The first-order valence-electron chi connectivity index (χ1n) is 6.39. The lowest BCUT2D eigenvalue weighted by molar-refractivity contribution is 0.289. The van der Waals surface area contributed by atoms with Gasteiger partial charge in [-0.2, -0.15) is 5.10 Å². The predicted octanol–water partition coefficient (Wildman–Crippen LogP) is 3.77. The highest BCUT2D eigenvalue weighted by atomic mass is 79.9. The van der Waals surface area contributed by atoms with E-state index in [2.05, 4.69) is 43.9 Å². The first-order valence-corrected chi connectivity index (χ1v) is 7.97. The Hall–Kier alpha value is -0.850. The SMILES string of the molecule is CCn1nc(C)cc1COc1c(Br)cc(CN)cc1Br. The Kier molecular flexibility index (Phi) is 5.23. The molecule has 0 unspecified atom stereocenters. The minimum atomic E-state index is 0.480. The zero-order valence-corrected chi connectivity index (χ0v) is 14.7. The van der Waals surface area contributed by atoms with E-state index in [9.17, 15) is 0 Å². The summed E-state index contributed by atoms with van der Waals surface area (Å²) >= 11 is 7.04. The number of aromatic nitrogens is 2. The summed E-state index contributed by atoms with van der Waals surface area (Å²) in [6.45, 7) is 5.86. The van der Waals surface area contributed by atoms with Crippen LogP contribution in [-0.2, 0) is 19.7 Å². The molecule has 0 aliphatic rings. The van der Waals surface area contributed by atoms with E-state index >= 15 is 0 Å². The molecular formula is C14H17Br2N3O. The summed E-state index contributed by atoms with van der Waals surface area (Å²) < 4.78 is 9.65. The van der Waals surface area contributed by atoms with E-state index < -0.39 is 0 Å². The van der Waals surface area contributed by atoms with E-state index in [1.165, 1.54) is 0 Å². The first kappa shape index (κ1) is 15.5. The van der Waals surface area contributed by atoms with Crippen LogP contribution in [0.2, 0.25) is 0 Å². The highest BCUT2D eigenvalue weighted by Crippen LogP contribution is 2.35. The lowest BCUT2D eigenvalue weighted by atomic mass is 10.2. The smallest absolute Gasteiger partial charge is 0.148 e. The third-order valence-corrected chi connectivity index (χ3v) is 4.12. The van der Waals surface area contributed by atoms with Crippen LogP contribution in [0.3, 0.4) is 0 Å². The number of halogens is 2. The van der Waals surface area contributed by atoms with Crippen LogP contribution in [0.1, 0.15) is 23.9 Å². The number of nitrogens with two attached hydrogens (primary N) is 1. The van der Waals surface area contributed by atoms with Gasteiger partial charge in [0.15, 0.2) is 0 Å². The summed E-state index contributed by atoms with van der Waals surface area (Å²) in [5.41, 5.74) is 8.76. The predicted molar refractivity (Wildman–Crippen MR) is 86.7 cm³/mol. The Balaban J connectivity index is 2.18. The third kappa shape index (κ3) is 3.42. The lowest BCUT2D eigenvalue weighted by Crippen LogP contribution is -2.07. The maximum atomic E-state index is 5.91. The van der Waals surface area contributed by atoms with Crippen molar-refractivity contribution in [2.75, 3.05) is 0 Å².